The number of rotatable bonds is 3. The number of carbonyl (C=O) groups excluding carboxylic acids is 1. The highest BCUT2D eigenvalue weighted by Gasteiger charge is 2.10. The standard InChI is InChI=1S/C8H12N4O2/c1-3-14-5(2)12-8-6(7(9)13)10-4-11-8/h4H,3H2,1-2H3,(H2,9,13)(H,10,11)/b12-5-. The number of aromatic amines is 1. The first kappa shape index (κ1) is 10.2. The third-order valence-electron chi connectivity index (χ3n) is 1.48. The molecular weight excluding hydrogens is 184 g/mol. The Morgan fingerprint density at radius 2 is 2.50 bits per heavy atom. The number of hydrogen-bond donors (Lipinski definition) is 2. The smallest absolute Gasteiger partial charge is 0.269 e. The minimum absolute atomic E-state index is 0.184. The molecule has 0 fully saturated rings. The third-order valence-corrected chi connectivity index (χ3v) is 1.48. The number of nitrogens with one attached hydrogen (secondary N) is 1. The Labute approximate surface area is 81.2 Å². The summed E-state index contributed by atoms with van der Waals surface area (Å²) in [6.45, 7) is 4.05. The molecule has 14 heavy (non-hydrogen) atoms. The molecule has 0 atom stereocenters. The highest BCUT2D eigenvalue weighted by molar-refractivity contribution is 5.95. The summed E-state index contributed by atoms with van der Waals surface area (Å²) < 4.78 is 5.09. The maximum absolute atomic E-state index is 10.9. The Morgan fingerprint density at radius 3 is 3.07 bits per heavy atom. The van der Waals surface area contributed by atoms with Crippen LogP contribution in [0.3, 0.4) is 0 Å². The first-order chi connectivity index (χ1) is 6.65. The van der Waals surface area contributed by atoms with Crippen LogP contribution in [0.2, 0.25) is 0 Å². The van der Waals surface area contributed by atoms with Crippen LogP contribution < -0.4 is 5.73 Å². The SMILES string of the molecule is CCO/C(C)=N\c1nc[nH]c1C(N)=O. The molecule has 3 N–H and O–H groups in total. The molecule has 0 aromatic carbocycles. The molecule has 1 heterocycles. The molecular formula is C8H12N4O2. The van der Waals surface area contributed by atoms with Gasteiger partial charge in [0, 0.05) is 6.92 Å². The van der Waals surface area contributed by atoms with Gasteiger partial charge in [0.1, 0.15) is 0 Å². The lowest BCUT2D eigenvalue weighted by Crippen LogP contribution is -2.11. The molecule has 0 aliphatic heterocycles. The van der Waals surface area contributed by atoms with Crippen molar-refractivity contribution in [3.8, 4) is 0 Å². The average Bonchev–Trinajstić information content (AvgIpc) is 2.52. The third kappa shape index (κ3) is 2.32. The quantitative estimate of drug-likeness (QED) is 0.547. The predicted molar refractivity (Wildman–Crippen MR) is 51.5 cm³/mol. The summed E-state index contributed by atoms with van der Waals surface area (Å²) in [5, 5.41) is 0. The number of nitrogens with two attached hydrogens (primary N) is 1. The zero-order chi connectivity index (χ0) is 10.6. The van der Waals surface area contributed by atoms with Crippen molar-refractivity contribution in [2.75, 3.05) is 6.61 Å². The maximum Gasteiger partial charge on any atom is 0.269 e. The lowest BCUT2D eigenvalue weighted by atomic mass is 10.4. The second kappa shape index (κ2) is 4.40. The molecule has 6 heteroatoms. The van der Waals surface area contributed by atoms with Gasteiger partial charge in [-0.2, -0.15) is 4.99 Å². The number of amides is 1. The second-order valence-corrected chi connectivity index (χ2v) is 2.53. The maximum atomic E-state index is 10.9. The first-order valence-electron chi connectivity index (χ1n) is 4.16. The van der Waals surface area contributed by atoms with Crippen LogP contribution in [-0.4, -0.2) is 28.4 Å². The fraction of sp³-hybridized carbons (Fsp3) is 0.375. The summed E-state index contributed by atoms with van der Waals surface area (Å²) >= 11 is 0. The van der Waals surface area contributed by atoms with Gasteiger partial charge in [0.15, 0.2) is 17.4 Å². The van der Waals surface area contributed by atoms with Crippen LogP contribution in [0.5, 0.6) is 0 Å². The molecule has 0 radical (unpaired) electrons. The molecule has 0 unspecified atom stereocenters. The topological polar surface area (TPSA) is 93.4 Å². The van der Waals surface area contributed by atoms with E-state index in [1.807, 2.05) is 6.92 Å². The Kier molecular flexibility index (Phi) is 3.22. The molecule has 0 aliphatic rings. The summed E-state index contributed by atoms with van der Waals surface area (Å²) in [6.07, 6.45) is 1.36. The molecule has 1 aromatic heterocycles. The predicted octanol–water partition coefficient (Wildman–Crippen LogP) is 0.595. The lowest BCUT2D eigenvalue weighted by molar-refractivity contribution is 0.0997. The van der Waals surface area contributed by atoms with Gasteiger partial charge in [-0.3, -0.25) is 4.79 Å². The molecule has 1 aromatic rings. The second-order valence-electron chi connectivity index (χ2n) is 2.53. The zero-order valence-corrected chi connectivity index (χ0v) is 8.07. The van der Waals surface area contributed by atoms with E-state index in [9.17, 15) is 4.79 Å². The summed E-state index contributed by atoms with van der Waals surface area (Å²) in [5.41, 5.74) is 5.27. The molecule has 0 saturated carbocycles. The van der Waals surface area contributed by atoms with Crippen molar-refractivity contribution in [1.29, 1.82) is 0 Å². The van der Waals surface area contributed by atoms with Gasteiger partial charge in [-0.05, 0) is 6.92 Å². The van der Waals surface area contributed by atoms with Crippen LogP contribution in [0.4, 0.5) is 5.82 Å². The normalized spacial score (nSPS) is 11.4. The van der Waals surface area contributed by atoms with E-state index in [1.54, 1.807) is 6.92 Å². The number of nitrogens with zero attached hydrogens (tertiary/aromatic N) is 2. The molecule has 6 nitrogen and oxygen atoms in total. The van der Waals surface area contributed by atoms with Gasteiger partial charge in [-0.15, -0.1) is 0 Å². The van der Waals surface area contributed by atoms with Crippen molar-refractivity contribution in [2.45, 2.75) is 13.8 Å². The first-order valence-corrected chi connectivity index (χ1v) is 4.16. The van der Waals surface area contributed by atoms with Crippen molar-refractivity contribution in [3.63, 3.8) is 0 Å². The van der Waals surface area contributed by atoms with Gasteiger partial charge in [0.2, 0.25) is 0 Å². The van der Waals surface area contributed by atoms with E-state index in [-0.39, 0.29) is 11.5 Å². The minimum Gasteiger partial charge on any atom is -0.481 e. The van der Waals surface area contributed by atoms with Crippen molar-refractivity contribution < 1.29 is 9.53 Å². The summed E-state index contributed by atoms with van der Waals surface area (Å²) in [7, 11) is 0. The largest absolute Gasteiger partial charge is 0.481 e. The Balaban J connectivity index is 2.90. The van der Waals surface area contributed by atoms with Gasteiger partial charge in [-0.25, -0.2) is 4.98 Å². The highest BCUT2D eigenvalue weighted by atomic mass is 16.5. The molecule has 0 spiro atoms. The van der Waals surface area contributed by atoms with Gasteiger partial charge in [0.25, 0.3) is 5.91 Å². The van der Waals surface area contributed by atoms with Crippen LogP contribution in [0.1, 0.15) is 24.3 Å². The van der Waals surface area contributed by atoms with E-state index in [2.05, 4.69) is 15.0 Å². The Morgan fingerprint density at radius 1 is 1.79 bits per heavy atom. The molecule has 1 rings (SSSR count). The molecule has 1 amide bonds. The van der Waals surface area contributed by atoms with Gasteiger partial charge in [0.05, 0.1) is 12.9 Å². The Hall–Kier alpha value is -1.85. The van der Waals surface area contributed by atoms with Crippen LogP contribution in [0, 0.1) is 0 Å². The number of H-pyrrole nitrogens is 1. The van der Waals surface area contributed by atoms with Gasteiger partial charge >= 0.3 is 0 Å². The van der Waals surface area contributed by atoms with Crippen molar-refractivity contribution >= 4 is 17.6 Å². The lowest BCUT2D eigenvalue weighted by Gasteiger charge is -1.99. The van der Waals surface area contributed by atoms with Crippen LogP contribution in [0.25, 0.3) is 0 Å². The number of hydrogen-bond acceptors (Lipinski definition) is 4. The van der Waals surface area contributed by atoms with Crippen molar-refractivity contribution in [1.82, 2.24) is 9.97 Å². The van der Waals surface area contributed by atoms with Crippen LogP contribution in [0.15, 0.2) is 11.3 Å². The average molecular weight is 196 g/mol. The van der Waals surface area contributed by atoms with Gasteiger partial charge in [-0.1, -0.05) is 0 Å². The summed E-state index contributed by atoms with van der Waals surface area (Å²) in [6, 6.07) is 0. The van der Waals surface area contributed by atoms with Gasteiger partial charge < -0.3 is 15.5 Å². The Bertz CT molecular complexity index is 356. The molecule has 76 valence electrons. The zero-order valence-electron chi connectivity index (χ0n) is 8.07. The van der Waals surface area contributed by atoms with E-state index in [1.165, 1.54) is 6.33 Å². The van der Waals surface area contributed by atoms with E-state index < -0.39 is 5.91 Å². The van der Waals surface area contributed by atoms with E-state index in [4.69, 9.17) is 10.5 Å². The summed E-state index contributed by atoms with van der Waals surface area (Å²) in [5.74, 6) is 0.107. The van der Waals surface area contributed by atoms with E-state index >= 15 is 0 Å². The number of ether oxygens (including phenoxy) is 1. The van der Waals surface area contributed by atoms with E-state index in [0.717, 1.165) is 0 Å². The monoisotopic (exact) mass is 196 g/mol. The van der Waals surface area contributed by atoms with Crippen molar-refractivity contribution in [3.05, 3.63) is 12.0 Å². The van der Waals surface area contributed by atoms with Crippen LogP contribution in [-0.2, 0) is 4.74 Å². The molecule has 0 aliphatic carbocycles. The molecule has 0 saturated heterocycles. The number of imidazole rings is 1. The number of carbonyl (C=O) groups is 1. The minimum atomic E-state index is -0.592. The van der Waals surface area contributed by atoms with Crippen molar-refractivity contribution in [2.24, 2.45) is 10.7 Å². The fourth-order valence-electron chi connectivity index (χ4n) is 0.943. The van der Waals surface area contributed by atoms with E-state index in [0.29, 0.717) is 12.5 Å². The van der Waals surface area contributed by atoms with Crippen LogP contribution >= 0.6 is 0 Å². The molecule has 0 bridgehead atoms. The highest BCUT2D eigenvalue weighted by Crippen LogP contribution is 2.12. The fourth-order valence-corrected chi connectivity index (χ4v) is 0.943. The summed E-state index contributed by atoms with van der Waals surface area (Å²) in [4.78, 5) is 21.3. The number of aliphatic imine (C=N–C) groups is 1. The number of aromatic nitrogens is 2. The number of primary amides is 1.